The molecule has 2 aromatic heterocycles. The Balaban J connectivity index is 1.43. The van der Waals surface area contributed by atoms with Gasteiger partial charge in [0.1, 0.15) is 25.2 Å². The van der Waals surface area contributed by atoms with Gasteiger partial charge in [0.25, 0.3) is 12.0 Å². The second-order valence-corrected chi connectivity index (χ2v) is 13.3. The third-order valence-electron chi connectivity index (χ3n) is 9.16. The molecule has 0 bridgehead atoms. The van der Waals surface area contributed by atoms with Gasteiger partial charge in [0.05, 0.1) is 41.2 Å². The van der Waals surface area contributed by atoms with Crippen LogP contribution in [0.25, 0.3) is 22.3 Å². The number of carbonyl (C=O) groups excluding carboxylic acids is 4. The van der Waals surface area contributed by atoms with Crippen LogP contribution in [0.3, 0.4) is 0 Å². The molecule has 52 heavy (non-hydrogen) atoms. The van der Waals surface area contributed by atoms with E-state index in [1.165, 1.54) is 17.6 Å². The molecule has 1 aliphatic heterocycles. The topological polar surface area (TPSA) is 230 Å². The zero-order valence-corrected chi connectivity index (χ0v) is 29.9. The van der Waals surface area contributed by atoms with E-state index in [0.717, 1.165) is 16.5 Å². The summed E-state index contributed by atoms with van der Waals surface area (Å²) in [4.78, 5) is 65.8. The third-order valence-corrected chi connectivity index (χ3v) is 9.16. The monoisotopic (exact) mass is 725 g/mol. The van der Waals surface area contributed by atoms with E-state index in [9.17, 15) is 33.5 Å². The maximum Gasteiger partial charge on any atom is 0.312 e. The van der Waals surface area contributed by atoms with Crippen molar-refractivity contribution in [2.24, 2.45) is 17.4 Å². The minimum Gasteiger partial charge on any atom is -0.463 e. The number of unbranched alkanes of at least 4 members (excludes halogenated alkanes) is 1. The number of hydrogen-bond acceptors (Lipinski definition) is 10. The van der Waals surface area contributed by atoms with Gasteiger partial charge in [-0.2, -0.15) is 0 Å². The highest BCUT2D eigenvalue weighted by molar-refractivity contribution is 5.90. The summed E-state index contributed by atoms with van der Waals surface area (Å²) in [5.74, 6) is -1.46. The first-order valence-corrected chi connectivity index (χ1v) is 17.3. The zero-order chi connectivity index (χ0) is 38.1. The average Bonchev–Trinajstić information content (AvgIpc) is 3.46. The molecule has 0 fully saturated rings. The number of nitrogens with two attached hydrogens (primary N) is 2. The number of halogens is 1. The van der Waals surface area contributed by atoms with E-state index in [1.807, 2.05) is 0 Å². The minimum atomic E-state index is -1.02. The van der Waals surface area contributed by atoms with Crippen LogP contribution in [-0.4, -0.2) is 70.9 Å². The van der Waals surface area contributed by atoms with Crippen LogP contribution < -0.4 is 33.0 Å². The number of nitrogens with one attached hydrogen (secondary N) is 3. The number of rotatable bonds is 19. The molecule has 1 aliphatic rings. The first-order valence-electron chi connectivity index (χ1n) is 17.3. The Morgan fingerprint density at radius 2 is 1.85 bits per heavy atom. The van der Waals surface area contributed by atoms with Crippen LogP contribution in [0.5, 0.6) is 0 Å². The highest BCUT2D eigenvalue weighted by Crippen LogP contribution is 2.38. The molecule has 3 atom stereocenters. The number of benzene rings is 1. The standard InChI is InChI=1S/C36H48FN7O8/c1-19(2)31(38)34(48)43-28(9-7-10-40-36(39)50)33(47)41-17-51-11-6-5-8-22-24-12-20(3)27(37)14-29(24)42-32-25(22)15-44-30(32)13-23(21(4)46)26(35(44)49)16-52-18-45/h12-14,18-19,21,28,31,46H,5-11,15-17,38H2,1-4H3,(H,41,47)(H,43,48)(H3,39,40,50). The van der Waals surface area contributed by atoms with Crippen molar-refractivity contribution in [1.29, 1.82) is 0 Å². The Morgan fingerprint density at radius 1 is 1.10 bits per heavy atom. The zero-order valence-electron chi connectivity index (χ0n) is 29.9. The number of primary amides is 1. The van der Waals surface area contributed by atoms with Crippen molar-refractivity contribution < 1.29 is 38.1 Å². The molecule has 1 aromatic carbocycles. The number of aryl methyl sites for hydroxylation is 2. The molecule has 4 amide bonds. The lowest BCUT2D eigenvalue weighted by Gasteiger charge is -2.22. The highest BCUT2D eigenvalue weighted by Gasteiger charge is 2.30. The van der Waals surface area contributed by atoms with Gasteiger partial charge in [-0.25, -0.2) is 14.2 Å². The predicted octanol–water partition coefficient (Wildman–Crippen LogP) is 1.93. The number of nitrogens with zero attached hydrogens (tertiary/aromatic N) is 2. The minimum absolute atomic E-state index is 0.104. The summed E-state index contributed by atoms with van der Waals surface area (Å²) < 4.78 is 26.8. The second kappa shape index (κ2) is 18.0. The molecule has 282 valence electrons. The van der Waals surface area contributed by atoms with Gasteiger partial charge >= 0.3 is 6.03 Å². The number of ether oxygens (including phenoxy) is 2. The predicted molar refractivity (Wildman–Crippen MR) is 190 cm³/mol. The normalized spacial score (nSPS) is 13.6. The summed E-state index contributed by atoms with van der Waals surface area (Å²) in [5, 5.41) is 19.0. The number of carbonyl (C=O) groups is 4. The Bertz CT molecular complexity index is 1860. The molecule has 4 rings (SSSR count). The summed E-state index contributed by atoms with van der Waals surface area (Å²) >= 11 is 0. The molecule has 3 aromatic rings. The van der Waals surface area contributed by atoms with E-state index in [0.29, 0.717) is 60.3 Å². The summed E-state index contributed by atoms with van der Waals surface area (Å²) in [6.07, 6.45) is 1.41. The molecule has 15 nitrogen and oxygen atoms in total. The number of aliphatic hydroxyl groups excluding tert-OH is 1. The molecule has 0 saturated carbocycles. The number of aromatic nitrogens is 2. The number of amides is 4. The molecule has 0 radical (unpaired) electrons. The molecule has 0 spiro atoms. The Kier molecular flexibility index (Phi) is 13.8. The molecule has 3 heterocycles. The Hall–Kier alpha value is -4.93. The van der Waals surface area contributed by atoms with Crippen molar-refractivity contribution in [3.05, 3.63) is 62.2 Å². The Labute approximate surface area is 300 Å². The van der Waals surface area contributed by atoms with Crippen LogP contribution in [0.4, 0.5) is 9.18 Å². The van der Waals surface area contributed by atoms with Gasteiger partial charge in [-0.3, -0.25) is 19.2 Å². The third kappa shape index (κ3) is 9.48. The van der Waals surface area contributed by atoms with Crippen LogP contribution in [0.15, 0.2) is 23.0 Å². The first kappa shape index (κ1) is 39.8. The highest BCUT2D eigenvalue weighted by atomic mass is 19.1. The van der Waals surface area contributed by atoms with Crippen LogP contribution in [0, 0.1) is 18.7 Å². The fraction of sp³-hybridized carbons (Fsp3) is 0.500. The number of pyridine rings is 2. The lowest BCUT2D eigenvalue weighted by Crippen LogP contribution is -2.53. The van der Waals surface area contributed by atoms with E-state index in [-0.39, 0.29) is 50.8 Å². The van der Waals surface area contributed by atoms with Crippen molar-refractivity contribution in [3.8, 4) is 11.4 Å². The van der Waals surface area contributed by atoms with Crippen LogP contribution in [-0.2, 0) is 43.4 Å². The summed E-state index contributed by atoms with van der Waals surface area (Å²) in [5.41, 5.74) is 14.8. The number of aliphatic hydroxyl groups is 1. The van der Waals surface area contributed by atoms with Gasteiger partial charge in [0, 0.05) is 30.2 Å². The van der Waals surface area contributed by atoms with Crippen molar-refractivity contribution in [2.45, 2.75) is 91.1 Å². The fourth-order valence-electron chi connectivity index (χ4n) is 6.20. The molecular formula is C36H48FN7O8. The van der Waals surface area contributed by atoms with E-state index >= 15 is 0 Å². The molecular weight excluding hydrogens is 677 g/mol. The molecule has 8 N–H and O–H groups in total. The molecule has 16 heteroatoms. The van der Waals surface area contributed by atoms with Crippen molar-refractivity contribution in [2.75, 3.05) is 19.9 Å². The maximum absolute atomic E-state index is 14.7. The Morgan fingerprint density at radius 3 is 2.52 bits per heavy atom. The van der Waals surface area contributed by atoms with Gasteiger partial charge in [-0.1, -0.05) is 13.8 Å². The lowest BCUT2D eigenvalue weighted by molar-refractivity contribution is -0.131. The quantitative estimate of drug-likeness (QED) is 0.0467. The van der Waals surface area contributed by atoms with Gasteiger partial charge in [0.2, 0.25) is 11.8 Å². The average molecular weight is 726 g/mol. The second-order valence-electron chi connectivity index (χ2n) is 13.3. The van der Waals surface area contributed by atoms with Crippen LogP contribution in [0.1, 0.15) is 80.4 Å². The van der Waals surface area contributed by atoms with E-state index in [4.69, 9.17) is 25.9 Å². The first-order chi connectivity index (χ1) is 24.7. The number of urea groups is 1. The van der Waals surface area contributed by atoms with Crippen molar-refractivity contribution in [3.63, 3.8) is 0 Å². The van der Waals surface area contributed by atoms with Crippen molar-refractivity contribution >= 4 is 35.2 Å². The number of hydrogen-bond donors (Lipinski definition) is 6. The lowest BCUT2D eigenvalue weighted by atomic mass is 9.95. The van der Waals surface area contributed by atoms with E-state index in [1.54, 1.807) is 32.9 Å². The SMILES string of the molecule is Cc1cc2c(CCCCOCNC(=O)C(CCCNC(N)=O)NC(=O)C(N)C(C)C)c3c(nc2cc1F)-c1cc(C(C)O)c(COC=O)c(=O)n1C3. The van der Waals surface area contributed by atoms with Gasteiger partial charge in [-0.15, -0.1) is 0 Å². The van der Waals surface area contributed by atoms with Gasteiger partial charge in [0.15, 0.2) is 0 Å². The van der Waals surface area contributed by atoms with Crippen LogP contribution in [0.2, 0.25) is 0 Å². The largest absolute Gasteiger partial charge is 0.463 e. The van der Waals surface area contributed by atoms with E-state index < -0.39 is 47.4 Å². The molecule has 0 aliphatic carbocycles. The summed E-state index contributed by atoms with van der Waals surface area (Å²) in [7, 11) is 0. The van der Waals surface area contributed by atoms with E-state index in [2.05, 4.69) is 16.0 Å². The van der Waals surface area contributed by atoms with Crippen LogP contribution >= 0.6 is 0 Å². The summed E-state index contributed by atoms with van der Waals surface area (Å²) in [6.45, 7) is 7.38. The molecule has 3 unspecified atom stereocenters. The van der Waals surface area contributed by atoms with Gasteiger partial charge < -0.3 is 46.6 Å². The fourth-order valence-corrected chi connectivity index (χ4v) is 6.20. The van der Waals surface area contributed by atoms with Gasteiger partial charge in [-0.05, 0) is 80.7 Å². The maximum atomic E-state index is 14.7. The van der Waals surface area contributed by atoms with Crippen molar-refractivity contribution in [1.82, 2.24) is 25.5 Å². The molecule has 0 saturated heterocycles. The summed E-state index contributed by atoms with van der Waals surface area (Å²) in [6, 6.07) is 2.42. The smallest absolute Gasteiger partial charge is 0.312 e. The number of fused-ring (bicyclic) bond motifs is 4.